The van der Waals surface area contributed by atoms with Gasteiger partial charge in [-0.05, 0) is 74.1 Å². The molecule has 1 saturated heterocycles. The maximum atomic E-state index is 13.2. The van der Waals surface area contributed by atoms with Crippen LogP contribution in [0.1, 0.15) is 66.4 Å². The van der Waals surface area contributed by atoms with Gasteiger partial charge in [-0.25, -0.2) is 0 Å². The molecule has 0 atom stereocenters. The molecule has 0 bridgehead atoms. The second-order valence-corrected chi connectivity index (χ2v) is 10.1. The van der Waals surface area contributed by atoms with Crippen LogP contribution in [0.15, 0.2) is 48.5 Å². The van der Waals surface area contributed by atoms with Gasteiger partial charge in [0.15, 0.2) is 0 Å². The van der Waals surface area contributed by atoms with E-state index in [1.807, 2.05) is 60.2 Å². The fourth-order valence-corrected chi connectivity index (χ4v) is 5.51. The van der Waals surface area contributed by atoms with Gasteiger partial charge in [0.2, 0.25) is 5.91 Å². The minimum absolute atomic E-state index is 0.0764. The molecule has 2 heterocycles. The fourth-order valence-electron chi connectivity index (χ4n) is 5.51. The van der Waals surface area contributed by atoms with E-state index in [1.54, 1.807) is 0 Å². The lowest BCUT2D eigenvalue weighted by Crippen LogP contribution is -2.48. The Morgan fingerprint density at radius 2 is 1.65 bits per heavy atom. The number of ether oxygens (including phenoxy) is 1. The molecular weight excluding hydrogens is 424 g/mol. The number of hydrogen-bond acceptors (Lipinski definition) is 3. The molecule has 0 saturated carbocycles. The zero-order valence-corrected chi connectivity index (χ0v) is 20.7. The predicted octanol–water partition coefficient (Wildman–Crippen LogP) is 5.26. The number of amides is 2. The Balaban J connectivity index is 1.45. The Labute approximate surface area is 204 Å². The summed E-state index contributed by atoms with van der Waals surface area (Å²) < 4.78 is 6.00. The Morgan fingerprint density at radius 3 is 2.44 bits per heavy atom. The van der Waals surface area contributed by atoms with Crippen LogP contribution in [0.4, 0.5) is 0 Å². The molecule has 2 aliphatic heterocycles. The van der Waals surface area contributed by atoms with Crippen molar-refractivity contribution < 1.29 is 14.3 Å². The molecule has 1 fully saturated rings. The third-order valence-electron chi connectivity index (χ3n) is 7.65. The summed E-state index contributed by atoms with van der Waals surface area (Å²) in [7, 11) is 1.94. The van der Waals surface area contributed by atoms with Crippen LogP contribution in [0.5, 0.6) is 5.75 Å². The van der Waals surface area contributed by atoms with Crippen molar-refractivity contribution in [3.63, 3.8) is 0 Å². The van der Waals surface area contributed by atoms with Gasteiger partial charge in [0.05, 0.1) is 6.61 Å². The van der Waals surface area contributed by atoms with E-state index in [-0.39, 0.29) is 17.2 Å². The topological polar surface area (TPSA) is 49.9 Å². The first-order chi connectivity index (χ1) is 16.5. The highest BCUT2D eigenvalue weighted by Gasteiger charge is 2.37. The summed E-state index contributed by atoms with van der Waals surface area (Å²) in [4.78, 5) is 29.9. The average molecular weight is 463 g/mol. The number of piperidine rings is 1. The molecule has 5 heteroatoms. The van der Waals surface area contributed by atoms with Crippen molar-refractivity contribution in [2.24, 2.45) is 5.41 Å². The number of carbonyl (C=O) groups excluding carboxylic acids is 2. The van der Waals surface area contributed by atoms with Crippen LogP contribution >= 0.6 is 0 Å². The van der Waals surface area contributed by atoms with Crippen molar-refractivity contribution in [3.05, 3.63) is 65.2 Å². The third kappa shape index (κ3) is 5.81. The molecular formula is C29H38N2O3. The molecule has 182 valence electrons. The van der Waals surface area contributed by atoms with Gasteiger partial charge in [0.25, 0.3) is 5.91 Å². The molecule has 0 aliphatic carbocycles. The van der Waals surface area contributed by atoms with E-state index in [2.05, 4.69) is 12.1 Å². The van der Waals surface area contributed by atoms with Crippen LogP contribution in [0, 0.1) is 12.3 Å². The van der Waals surface area contributed by atoms with Crippen molar-refractivity contribution in [2.75, 3.05) is 33.3 Å². The number of benzene rings is 2. The van der Waals surface area contributed by atoms with E-state index < -0.39 is 0 Å². The van der Waals surface area contributed by atoms with Gasteiger partial charge in [0, 0.05) is 38.7 Å². The van der Waals surface area contributed by atoms with Crippen molar-refractivity contribution in [3.8, 4) is 5.75 Å². The lowest BCUT2D eigenvalue weighted by Gasteiger charge is -2.44. The van der Waals surface area contributed by atoms with Gasteiger partial charge in [-0.3, -0.25) is 9.59 Å². The normalized spacial score (nSPS) is 19.8. The van der Waals surface area contributed by atoms with Crippen LogP contribution in [0.2, 0.25) is 0 Å². The Hall–Kier alpha value is -2.82. The maximum absolute atomic E-state index is 13.2. The molecule has 4 rings (SSSR count). The number of aryl methyl sites for hydroxylation is 2. The van der Waals surface area contributed by atoms with Gasteiger partial charge in [-0.1, -0.05) is 42.8 Å². The van der Waals surface area contributed by atoms with E-state index in [1.165, 1.54) is 5.56 Å². The SMILES string of the molecule is Cc1ccccc1C(=O)N1CCC2(CCCCc3ccccc3OCCCC(=O)N(C)C2)CC1. The first-order valence-corrected chi connectivity index (χ1v) is 12.8. The van der Waals surface area contributed by atoms with Crippen molar-refractivity contribution in [1.29, 1.82) is 0 Å². The molecule has 5 nitrogen and oxygen atoms in total. The molecule has 0 radical (unpaired) electrons. The molecule has 1 spiro atoms. The number of hydrogen-bond donors (Lipinski definition) is 0. The summed E-state index contributed by atoms with van der Waals surface area (Å²) in [5.41, 5.74) is 3.17. The largest absolute Gasteiger partial charge is 0.493 e. The monoisotopic (exact) mass is 462 g/mol. The highest BCUT2D eigenvalue weighted by Crippen LogP contribution is 2.38. The maximum Gasteiger partial charge on any atom is 0.254 e. The van der Waals surface area contributed by atoms with Crippen LogP contribution in [0.25, 0.3) is 0 Å². The molecule has 2 aromatic rings. The van der Waals surface area contributed by atoms with Gasteiger partial charge >= 0.3 is 0 Å². The molecule has 0 unspecified atom stereocenters. The summed E-state index contributed by atoms with van der Waals surface area (Å²) in [6.07, 6.45) is 7.44. The van der Waals surface area contributed by atoms with Crippen LogP contribution in [-0.4, -0.2) is 54.9 Å². The van der Waals surface area contributed by atoms with E-state index in [0.717, 1.165) is 81.5 Å². The minimum Gasteiger partial charge on any atom is -0.493 e. The minimum atomic E-state index is 0.0764. The van der Waals surface area contributed by atoms with Gasteiger partial charge in [-0.15, -0.1) is 0 Å². The standard InChI is InChI=1S/C29H38N2O3/c1-23-10-3-5-13-25(23)28(33)31-19-17-29(18-20-31)16-8-7-12-24-11-4-6-14-26(24)34-21-9-15-27(32)30(2)22-29/h3-6,10-11,13-14H,7-9,12,15-22H2,1-2H3. The molecule has 2 aromatic carbocycles. The van der Waals surface area contributed by atoms with E-state index in [4.69, 9.17) is 4.74 Å². The molecule has 2 amide bonds. The number of nitrogens with zero attached hydrogens (tertiary/aromatic N) is 2. The number of rotatable bonds is 1. The summed E-state index contributed by atoms with van der Waals surface area (Å²) in [6, 6.07) is 16.1. The van der Waals surface area contributed by atoms with Crippen LogP contribution in [0.3, 0.4) is 0 Å². The predicted molar refractivity (Wildman–Crippen MR) is 135 cm³/mol. The van der Waals surface area contributed by atoms with Gasteiger partial charge < -0.3 is 14.5 Å². The highest BCUT2D eigenvalue weighted by atomic mass is 16.5. The second kappa shape index (κ2) is 11.1. The molecule has 0 N–H and O–H groups in total. The highest BCUT2D eigenvalue weighted by molar-refractivity contribution is 5.95. The molecule has 0 aromatic heterocycles. The number of para-hydroxylation sites is 1. The summed E-state index contributed by atoms with van der Waals surface area (Å²) in [5, 5.41) is 0. The molecule has 34 heavy (non-hydrogen) atoms. The second-order valence-electron chi connectivity index (χ2n) is 10.1. The Bertz CT molecular complexity index is 994. The number of likely N-dealkylation sites (tertiary alicyclic amines) is 1. The zero-order chi connectivity index (χ0) is 24.0. The average Bonchev–Trinajstić information content (AvgIpc) is 2.85. The number of fused-ring (bicyclic) bond motifs is 1. The first kappa shape index (κ1) is 24.3. The van der Waals surface area contributed by atoms with Crippen LogP contribution in [-0.2, 0) is 11.2 Å². The Kier molecular flexibility index (Phi) is 7.91. The van der Waals surface area contributed by atoms with Crippen molar-refractivity contribution in [2.45, 2.75) is 58.3 Å². The van der Waals surface area contributed by atoms with Crippen molar-refractivity contribution >= 4 is 11.8 Å². The quantitative estimate of drug-likeness (QED) is 0.581. The van der Waals surface area contributed by atoms with E-state index in [9.17, 15) is 9.59 Å². The Morgan fingerprint density at radius 1 is 0.912 bits per heavy atom. The fraction of sp³-hybridized carbons (Fsp3) is 0.517. The zero-order valence-electron chi connectivity index (χ0n) is 20.7. The van der Waals surface area contributed by atoms with E-state index in [0.29, 0.717) is 13.0 Å². The smallest absolute Gasteiger partial charge is 0.254 e. The third-order valence-corrected chi connectivity index (χ3v) is 7.65. The van der Waals surface area contributed by atoms with Gasteiger partial charge in [0.1, 0.15) is 5.75 Å². The summed E-state index contributed by atoms with van der Waals surface area (Å²) in [6.45, 7) is 4.85. The molecule has 2 aliphatic rings. The lowest BCUT2D eigenvalue weighted by molar-refractivity contribution is -0.132. The summed E-state index contributed by atoms with van der Waals surface area (Å²) >= 11 is 0. The van der Waals surface area contributed by atoms with Gasteiger partial charge in [-0.2, -0.15) is 0 Å². The first-order valence-electron chi connectivity index (χ1n) is 12.8. The van der Waals surface area contributed by atoms with E-state index >= 15 is 0 Å². The van der Waals surface area contributed by atoms with Crippen LogP contribution < -0.4 is 4.74 Å². The summed E-state index contributed by atoms with van der Waals surface area (Å²) in [5.74, 6) is 1.28. The number of carbonyl (C=O) groups is 2. The van der Waals surface area contributed by atoms with Crippen molar-refractivity contribution in [1.82, 2.24) is 9.80 Å². The lowest BCUT2D eigenvalue weighted by atomic mass is 9.73.